The molecule has 0 spiro atoms. The molecule has 0 saturated heterocycles. The normalized spacial score (nSPS) is 11.9. The van der Waals surface area contributed by atoms with Crippen molar-refractivity contribution in [1.29, 1.82) is 0 Å². The number of carbonyl (C=O) groups excluding carboxylic acids is 1. The van der Waals surface area contributed by atoms with E-state index < -0.39 is 18.0 Å². The number of carboxylic acid groups (broad SMARTS) is 1. The predicted molar refractivity (Wildman–Crippen MR) is 61.9 cm³/mol. The van der Waals surface area contributed by atoms with Crippen LogP contribution < -0.4 is 10.6 Å². The molecule has 0 aliphatic heterocycles. The van der Waals surface area contributed by atoms with Crippen molar-refractivity contribution in [1.82, 2.24) is 20.2 Å². The fourth-order valence-electron chi connectivity index (χ4n) is 1.28. The summed E-state index contributed by atoms with van der Waals surface area (Å²) in [5.74, 6) is -0.479. The van der Waals surface area contributed by atoms with Crippen molar-refractivity contribution in [3.8, 4) is 0 Å². The molecule has 0 saturated carbocycles. The Hall–Kier alpha value is -2.09. The molecule has 3 N–H and O–H groups in total. The minimum atomic E-state index is -1.15. The molecule has 8 heteroatoms. The lowest BCUT2D eigenvalue weighted by atomic mass is 10.3. The zero-order valence-corrected chi connectivity index (χ0v) is 10.2. The minimum Gasteiger partial charge on any atom is -0.480 e. The van der Waals surface area contributed by atoms with Gasteiger partial charge in [0.1, 0.15) is 5.82 Å². The van der Waals surface area contributed by atoms with Crippen molar-refractivity contribution in [3.63, 3.8) is 0 Å². The van der Waals surface area contributed by atoms with Crippen LogP contribution >= 0.6 is 0 Å². The van der Waals surface area contributed by atoms with E-state index in [1.165, 1.54) is 7.11 Å². The van der Waals surface area contributed by atoms with E-state index in [0.29, 0.717) is 5.82 Å². The number of nitrogens with zero attached hydrogens (tertiary/aromatic N) is 2. The van der Waals surface area contributed by atoms with Gasteiger partial charge >= 0.3 is 12.0 Å². The Kier molecular flexibility index (Phi) is 5.12. The van der Waals surface area contributed by atoms with Crippen molar-refractivity contribution in [3.05, 3.63) is 18.2 Å². The summed E-state index contributed by atoms with van der Waals surface area (Å²) >= 11 is 0. The van der Waals surface area contributed by atoms with Crippen LogP contribution in [0.5, 0.6) is 0 Å². The number of hydrogen-bond acceptors (Lipinski definition) is 4. The molecule has 1 aromatic heterocycles. The van der Waals surface area contributed by atoms with Gasteiger partial charge in [-0.15, -0.1) is 0 Å². The van der Waals surface area contributed by atoms with Gasteiger partial charge in [-0.2, -0.15) is 0 Å². The van der Waals surface area contributed by atoms with Crippen LogP contribution in [-0.2, 0) is 23.1 Å². The van der Waals surface area contributed by atoms with Gasteiger partial charge in [-0.25, -0.2) is 14.6 Å². The molecular formula is C10H16N4O4. The number of aromatic nitrogens is 2. The van der Waals surface area contributed by atoms with Crippen LogP contribution in [0.25, 0.3) is 0 Å². The van der Waals surface area contributed by atoms with Crippen LogP contribution in [0.3, 0.4) is 0 Å². The fourth-order valence-corrected chi connectivity index (χ4v) is 1.28. The second-order valence-electron chi connectivity index (χ2n) is 3.63. The van der Waals surface area contributed by atoms with Gasteiger partial charge in [-0.05, 0) is 0 Å². The topological polar surface area (TPSA) is 105 Å². The molecule has 0 aliphatic carbocycles. The Labute approximate surface area is 104 Å². The lowest BCUT2D eigenvalue weighted by molar-refractivity contribution is -0.140. The van der Waals surface area contributed by atoms with Crippen LogP contribution in [0.15, 0.2) is 12.4 Å². The third-order valence-electron chi connectivity index (χ3n) is 2.26. The van der Waals surface area contributed by atoms with Crippen LogP contribution in [0.1, 0.15) is 5.82 Å². The first-order valence-corrected chi connectivity index (χ1v) is 5.27. The average Bonchev–Trinajstić information content (AvgIpc) is 2.71. The van der Waals surface area contributed by atoms with E-state index in [2.05, 4.69) is 15.6 Å². The Morgan fingerprint density at radius 3 is 2.83 bits per heavy atom. The summed E-state index contributed by atoms with van der Waals surface area (Å²) in [5, 5.41) is 13.6. The van der Waals surface area contributed by atoms with E-state index in [4.69, 9.17) is 9.84 Å². The molecule has 0 fully saturated rings. The number of carbonyl (C=O) groups is 2. The third kappa shape index (κ3) is 4.06. The van der Waals surface area contributed by atoms with Gasteiger partial charge < -0.3 is 25.0 Å². The van der Waals surface area contributed by atoms with Crippen LogP contribution in [0, 0.1) is 0 Å². The molecule has 0 aromatic carbocycles. The summed E-state index contributed by atoms with van der Waals surface area (Å²) in [7, 11) is 3.16. The number of nitrogens with one attached hydrogen (secondary N) is 2. The van der Waals surface area contributed by atoms with Crippen LogP contribution in [0.4, 0.5) is 4.79 Å². The number of urea groups is 1. The average molecular weight is 256 g/mol. The Morgan fingerprint density at radius 2 is 2.33 bits per heavy atom. The lowest BCUT2D eigenvalue weighted by Gasteiger charge is -2.14. The smallest absolute Gasteiger partial charge is 0.328 e. The number of carboxylic acids is 1. The molecular weight excluding hydrogens is 240 g/mol. The van der Waals surface area contributed by atoms with E-state index in [1.807, 2.05) is 0 Å². The van der Waals surface area contributed by atoms with Gasteiger partial charge in [0.05, 0.1) is 13.2 Å². The molecule has 18 heavy (non-hydrogen) atoms. The Morgan fingerprint density at radius 1 is 1.61 bits per heavy atom. The highest BCUT2D eigenvalue weighted by Crippen LogP contribution is 1.93. The minimum absolute atomic E-state index is 0.0921. The number of ether oxygens (including phenoxy) is 1. The van der Waals surface area contributed by atoms with Crippen molar-refractivity contribution in [2.24, 2.45) is 7.05 Å². The van der Waals surface area contributed by atoms with E-state index in [9.17, 15) is 9.59 Å². The number of methoxy groups -OCH3 is 1. The summed E-state index contributed by atoms with van der Waals surface area (Å²) < 4.78 is 6.45. The van der Waals surface area contributed by atoms with Crippen molar-refractivity contribution >= 4 is 12.0 Å². The van der Waals surface area contributed by atoms with Crippen molar-refractivity contribution in [2.45, 2.75) is 12.6 Å². The van der Waals surface area contributed by atoms with Crippen molar-refractivity contribution < 1.29 is 19.4 Å². The Balaban J connectivity index is 2.41. The van der Waals surface area contributed by atoms with Crippen molar-refractivity contribution in [2.75, 3.05) is 13.7 Å². The molecule has 0 radical (unpaired) electrons. The monoisotopic (exact) mass is 256 g/mol. The van der Waals surface area contributed by atoms with Crippen LogP contribution in [-0.4, -0.2) is 46.4 Å². The van der Waals surface area contributed by atoms with Crippen LogP contribution in [0.2, 0.25) is 0 Å². The maximum atomic E-state index is 11.5. The van der Waals surface area contributed by atoms with Gasteiger partial charge in [0, 0.05) is 26.6 Å². The molecule has 1 aromatic rings. The molecule has 1 unspecified atom stereocenters. The summed E-state index contributed by atoms with van der Waals surface area (Å²) in [4.78, 5) is 26.3. The molecule has 8 nitrogen and oxygen atoms in total. The molecule has 1 rings (SSSR count). The van der Waals surface area contributed by atoms with Gasteiger partial charge in [-0.3, -0.25) is 0 Å². The largest absolute Gasteiger partial charge is 0.480 e. The molecule has 0 aliphatic rings. The first-order valence-electron chi connectivity index (χ1n) is 5.27. The maximum absolute atomic E-state index is 11.5. The molecule has 0 bridgehead atoms. The standard InChI is InChI=1S/C10H16N4O4/c1-14-4-3-11-8(14)5-12-10(17)13-7(6-18-2)9(15)16/h3-4,7H,5-6H2,1-2H3,(H,15,16)(H2,12,13,17). The highest BCUT2D eigenvalue weighted by atomic mass is 16.5. The summed E-state index contributed by atoms with van der Waals surface area (Å²) in [6.45, 7) is 0.125. The summed E-state index contributed by atoms with van der Waals surface area (Å²) in [5.41, 5.74) is 0. The van der Waals surface area contributed by atoms with Gasteiger partial charge in [-0.1, -0.05) is 0 Å². The Bertz CT molecular complexity index is 418. The van der Waals surface area contributed by atoms with Gasteiger partial charge in [0.15, 0.2) is 6.04 Å². The number of aliphatic carboxylic acids is 1. The molecule has 100 valence electrons. The van der Waals surface area contributed by atoms with E-state index in [1.54, 1.807) is 24.0 Å². The molecule has 2 amide bonds. The fraction of sp³-hybridized carbons (Fsp3) is 0.500. The van der Waals surface area contributed by atoms with Gasteiger partial charge in [0.2, 0.25) is 0 Å². The van der Waals surface area contributed by atoms with Gasteiger partial charge in [0.25, 0.3) is 0 Å². The lowest BCUT2D eigenvalue weighted by Crippen LogP contribution is -2.48. The maximum Gasteiger partial charge on any atom is 0.328 e. The zero-order chi connectivity index (χ0) is 13.5. The molecule has 1 heterocycles. The third-order valence-corrected chi connectivity index (χ3v) is 2.26. The summed E-state index contributed by atoms with van der Waals surface area (Å²) in [6, 6.07) is -1.65. The van der Waals surface area contributed by atoms with E-state index in [-0.39, 0.29) is 13.2 Å². The first kappa shape index (κ1) is 14.0. The van der Waals surface area contributed by atoms with E-state index in [0.717, 1.165) is 0 Å². The number of amides is 2. The number of rotatable bonds is 6. The first-order chi connectivity index (χ1) is 8.54. The summed E-state index contributed by atoms with van der Waals surface area (Å²) in [6.07, 6.45) is 3.36. The second-order valence-corrected chi connectivity index (χ2v) is 3.63. The second kappa shape index (κ2) is 6.60. The zero-order valence-electron chi connectivity index (χ0n) is 10.2. The molecule has 1 atom stereocenters. The number of imidazole rings is 1. The highest BCUT2D eigenvalue weighted by Gasteiger charge is 2.19. The number of aryl methyl sites for hydroxylation is 1. The quantitative estimate of drug-likeness (QED) is 0.625. The predicted octanol–water partition coefficient (Wildman–Crippen LogP) is -0.681. The van der Waals surface area contributed by atoms with E-state index >= 15 is 0 Å². The SMILES string of the molecule is COCC(NC(=O)NCc1nccn1C)C(=O)O. The highest BCUT2D eigenvalue weighted by molar-refractivity contribution is 5.82. The number of hydrogen-bond donors (Lipinski definition) is 3.